The molecule has 1 unspecified atom stereocenters. The van der Waals surface area contributed by atoms with Crippen molar-refractivity contribution in [2.75, 3.05) is 5.88 Å². The van der Waals surface area contributed by atoms with Crippen molar-refractivity contribution in [1.29, 1.82) is 0 Å². The molecular formula is C14H14ClF2N3O. The molecule has 0 aliphatic carbocycles. The zero-order valence-electron chi connectivity index (χ0n) is 11.2. The number of hydrogen-bond donors (Lipinski definition) is 1. The van der Waals surface area contributed by atoms with Crippen LogP contribution in [0.3, 0.4) is 0 Å². The van der Waals surface area contributed by atoms with E-state index in [2.05, 4.69) is 10.3 Å². The van der Waals surface area contributed by atoms with Gasteiger partial charge in [0.2, 0.25) is 5.91 Å². The summed E-state index contributed by atoms with van der Waals surface area (Å²) in [5.41, 5.74) is 0.537. The average molecular weight is 314 g/mol. The van der Waals surface area contributed by atoms with Crippen LogP contribution in [0.1, 0.15) is 18.7 Å². The quantitative estimate of drug-likeness (QED) is 0.881. The van der Waals surface area contributed by atoms with Crippen molar-refractivity contribution < 1.29 is 13.6 Å². The normalized spacial score (nSPS) is 18.4. The SMILES string of the molecule is O=C1CCC(Cn2c(CCCl)nc3c(F)cc(F)cc32)N1. The molecule has 3 rings (SSSR count). The molecule has 0 radical (unpaired) electrons. The molecule has 1 N–H and O–H groups in total. The van der Waals surface area contributed by atoms with E-state index in [0.717, 1.165) is 6.07 Å². The van der Waals surface area contributed by atoms with Gasteiger partial charge in [0.25, 0.3) is 0 Å². The summed E-state index contributed by atoms with van der Waals surface area (Å²) in [6.07, 6.45) is 1.64. The number of fused-ring (bicyclic) bond motifs is 1. The van der Waals surface area contributed by atoms with Crippen LogP contribution in [-0.2, 0) is 17.8 Å². The number of aromatic nitrogens is 2. The summed E-state index contributed by atoms with van der Waals surface area (Å²) in [7, 11) is 0. The highest BCUT2D eigenvalue weighted by molar-refractivity contribution is 6.17. The van der Waals surface area contributed by atoms with Gasteiger partial charge in [-0.05, 0) is 12.5 Å². The summed E-state index contributed by atoms with van der Waals surface area (Å²) in [6, 6.07) is 2.04. The van der Waals surface area contributed by atoms with Crippen LogP contribution in [0.5, 0.6) is 0 Å². The molecule has 21 heavy (non-hydrogen) atoms. The highest BCUT2D eigenvalue weighted by Gasteiger charge is 2.24. The maximum absolute atomic E-state index is 13.8. The Balaban J connectivity index is 2.04. The molecule has 1 fully saturated rings. The number of nitrogens with zero attached hydrogens (tertiary/aromatic N) is 2. The van der Waals surface area contributed by atoms with E-state index in [1.165, 1.54) is 6.07 Å². The fraction of sp³-hybridized carbons (Fsp3) is 0.429. The van der Waals surface area contributed by atoms with Gasteiger partial charge in [-0.25, -0.2) is 13.8 Å². The number of hydrogen-bond acceptors (Lipinski definition) is 2. The molecule has 1 aromatic carbocycles. The van der Waals surface area contributed by atoms with Gasteiger partial charge in [-0.3, -0.25) is 4.79 Å². The third-order valence-corrected chi connectivity index (χ3v) is 3.85. The zero-order valence-corrected chi connectivity index (χ0v) is 12.0. The van der Waals surface area contributed by atoms with Crippen molar-refractivity contribution in [2.45, 2.75) is 31.8 Å². The molecule has 1 aliphatic heterocycles. The molecule has 7 heteroatoms. The Bertz CT molecular complexity index is 701. The topological polar surface area (TPSA) is 46.9 Å². The van der Waals surface area contributed by atoms with Crippen LogP contribution in [0.15, 0.2) is 12.1 Å². The van der Waals surface area contributed by atoms with Gasteiger partial charge in [0.15, 0.2) is 5.82 Å². The molecule has 1 atom stereocenters. The Hall–Kier alpha value is -1.69. The molecule has 2 aromatic rings. The van der Waals surface area contributed by atoms with E-state index in [1.54, 1.807) is 4.57 Å². The molecule has 0 bridgehead atoms. The lowest BCUT2D eigenvalue weighted by molar-refractivity contribution is -0.119. The molecule has 2 heterocycles. The van der Waals surface area contributed by atoms with Crippen LogP contribution < -0.4 is 5.32 Å². The lowest BCUT2D eigenvalue weighted by Crippen LogP contribution is -2.30. The Kier molecular flexibility index (Phi) is 3.80. The minimum absolute atomic E-state index is 0.000625. The highest BCUT2D eigenvalue weighted by atomic mass is 35.5. The number of nitrogens with one attached hydrogen (secondary N) is 1. The molecule has 4 nitrogen and oxygen atoms in total. The van der Waals surface area contributed by atoms with Crippen LogP contribution in [0, 0.1) is 11.6 Å². The lowest BCUT2D eigenvalue weighted by atomic mass is 10.2. The summed E-state index contributed by atoms with van der Waals surface area (Å²) in [4.78, 5) is 15.5. The van der Waals surface area contributed by atoms with Crippen molar-refractivity contribution in [3.63, 3.8) is 0 Å². The van der Waals surface area contributed by atoms with Crippen LogP contribution in [0.2, 0.25) is 0 Å². The zero-order chi connectivity index (χ0) is 15.0. The van der Waals surface area contributed by atoms with Gasteiger partial charge < -0.3 is 9.88 Å². The Morgan fingerprint density at radius 3 is 2.90 bits per heavy atom. The van der Waals surface area contributed by atoms with Crippen molar-refractivity contribution in [2.24, 2.45) is 0 Å². The fourth-order valence-corrected chi connectivity index (χ4v) is 2.88. The van der Waals surface area contributed by atoms with E-state index in [4.69, 9.17) is 11.6 Å². The second-order valence-electron chi connectivity index (χ2n) is 5.14. The monoisotopic (exact) mass is 313 g/mol. The largest absolute Gasteiger partial charge is 0.352 e. The van der Waals surface area contributed by atoms with Gasteiger partial charge in [0, 0.05) is 37.4 Å². The fourth-order valence-electron chi connectivity index (χ4n) is 2.71. The average Bonchev–Trinajstić information content (AvgIpc) is 2.97. The molecule has 1 aliphatic rings. The maximum atomic E-state index is 13.8. The van der Waals surface area contributed by atoms with Gasteiger partial charge in [-0.1, -0.05) is 0 Å². The molecule has 112 valence electrons. The molecule has 1 saturated heterocycles. The van der Waals surface area contributed by atoms with Crippen molar-refractivity contribution >= 4 is 28.5 Å². The predicted molar refractivity (Wildman–Crippen MR) is 75.2 cm³/mol. The van der Waals surface area contributed by atoms with E-state index >= 15 is 0 Å². The van der Waals surface area contributed by atoms with E-state index in [9.17, 15) is 13.6 Å². The third kappa shape index (κ3) is 2.72. The van der Waals surface area contributed by atoms with Crippen LogP contribution in [-0.4, -0.2) is 27.4 Å². The molecular weight excluding hydrogens is 300 g/mol. The maximum Gasteiger partial charge on any atom is 0.220 e. The minimum Gasteiger partial charge on any atom is -0.352 e. The first-order valence-electron chi connectivity index (χ1n) is 6.78. The number of carbonyl (C=O) groups is 1. The van der Waals surface area contributed by atoms with Crippen LogP contribution in [0.25, 0.3) is 11.0 Å². The first kappa shape index (κ1) is 14.3. The molecule has 1 amide bonds. The lowest BCUT2D eigenvalue weighted by Gasteiger charge is -2.14. The highest BCUT2D eigenvalue weighted by Crippen LogP contribution is 2.23. The second kappa shape index (κ2) is 5.60. The smallest absolute Gasteiger partial charge is 0.220 e. The Morgan fingerprint density at radius 2 is 2.24 bits per heavy atom. The minimum atomic E-state index is -0.685. The number of imidazole rings is 1. The van der Waals surface area contributed by atoms with Crippen molar-refractivity contribution in [1.82, 2.24) is 14.9 Å². The van der Waals surface area contributed by atoms with Gasteiger partial charge >= 0.3 is 0 Å². The van der Waals surface area contributed by atoms with Gasteiger partial charge in [-0.15, -0.1) is 11.6 Å². The van der Waals surface area contributed by atoms with E-state index < -0.39 is 11.6 Å². The van der Waals surface area contributed by atoms with E-state index in [0.29, 0.717) is 43.0 Å². The van der Waals surface area contributed by atoms with E-state index in [-0.39, 0.29) is 17.5 Å². The summed E-state index contributed by atoms with van der Waals surface area (Å²) in [5.74, 6) is -0.389. The van der Waals surface area contributed by atoms with Crippen molar-refractivity contribution in [3.8, 4) is 0 Å². The number of carbonyl (C=O) groups excluding carboxylic acids is 1. The van der Waals surface area contributed by atoms with Gasteiger partial charge in [0.1, 0.15) is 17.2 Å². The number of rotatable bonds is 4. The molecule has 1 aromatic heterocycles. The van der Waals surface area contributed by atoms with Gasteiger partial charge in [-0.2, -0.15) is 0 Å². The number of halogens is 3. The summed E-state index contributed by atoms with van der Waals surface area (Å²) < 4.78 is 29.1. The summed E-state index contributed by atoms with van der Waals surface area (Å²) in [6.45, 7) is 0.442. The Labute approximate surface area is 125 Å². The van der Waals surface area contributed by atoms with Crippen LogP contribution in [0.4, 0.5) is 8.78 Å². The van der Waals surface area contributed by atoms with Gasteiger partial charge in [0.05, 0.1) is 5.52 Å². The number of aryl methyl sites for hydroxylation is 1. The third-order valence-electron chi connectivity index (χ3n) is 3.66. The Morgan fingerprint density at radius 1 is 1.43 bits per heavy atom. The number of alkyl halides is 1. The summed E-state index contributed by atoms with van der Waals surface area (Å²) >= 11 is 5.76. The van der Waals surface area contributed by atoms with E-state index in [1.807, 2.05) is 0 Å². The number of benzene rings is 1. The second-order valence-corrected chi connectivity index (χ2v) is 5.51. The van der Waals surface area contributed by atoms with Crippen LogP contribution >= 0.6 is 11.6 Å². The number of amides is 1. The first-order chi connectivity index (χ1) is 10.1. The standard InChI is InChI=1S/C14H14ClF2N3O/c15-4-3-12-19-14-10(17)5-8(16)6-11(14)20(12)7-9-1-2-13(21)18-9/h5-6,9H,1-4,7H2,(H,18,21). The van der Waals surface area contributed by atoms with Crippen molar-refractivity contribution in [3.05, 3.63) is 29.6 Å². The first-order valence-corrected chi connectivity index (χ1v) is 7.31. The predicted octanol–water partition coefficient (Wildman–Crippen LogP) is 2.37. The molecule has 0 spiro atoms. The molecule has 0 saturated carbocycles. The summed E-state index contributed by atoms with van der Waals surface area (Å²) in [5, 5.41) is 2.85.